The van der Waals surface area contributed by atoms with Gasteiger partial charge >= 0.3 is 0 Å². The van der Waals surface area contributed by atoms with Gasteiger partial charge in [0.25, 0.3) is 5.43 Å². The maximum atomic E-state index is 12.1. The summed E-state index contributed by atoms with van der Waals surface area (Å²) >= 11 is 0. The van der Waals surface area contributed by atoms with Crippen molar-refractivity contribution in [3.63, 3.8) is 0 Å². The fraction of sp³-hybridized carbons (Fsp3) is 0.292. The highest BCUT2D eigenvalue weighted by molar-refractivity contribution is 5.92. The van der Waals surface area contributed by atoms with Gasteiger partial charge in [0.2, 0.25) is 0 Å². The molecule has 1 aliphatic carbocycles. The first-order chi connectivity index (χ1) is 14.5. The van der Waals surface area contributed by atoms with Gasteiger partial charge in [0.05, 0.1) is 18.0 Å². The third kappa shape index (κ3) is 3.99. The Morgan fingerprint density at radius 3 is 2.43 bits per heavy atom. The minimum absolute atomic E-state index is 0.200. The summed E-state index contributed by atoms with van der Waals surface area (Å²) in [5.41, 5.74) is 1.29. The van der Waals surface area contributed by atoms with Crippen LogP contribution in [0.3, 0.4) is 0 Å². The summed E-state index contributed by atoms with van der Waals surface area (Å²) in [5, 5.41) is 14.3. The van der Waals surface area contributed by atoms with Crippen LogP contribution < -0.4 is 10.2 Å². The quantitative estimate of drug-likeness (QED) is 0.633. The Hall–Kier alpha value is -3.41. The minimum Gasteiger partial charge on any atom is -0.503 e. The molecule has 1 heterocycles. The van der Waals surface area contributed by atoms with E-state index in [0.717, 1.165) is 29.7 Å². The maximum absolute atomic E-state index is 12.1. The number of rotatable bonds is 5. The highest BCUT2D eigenvalue weighted by Gasteiger charge is 2.19. The molecule has 0 unspecified atom stereocenters. The molecule has 4 rings (SSSR count). The number of ether oxygens (including phenoxy) is 1. The molecule has 154 valence electrons. The molecule has 0 bridgehead atoms. The molecule has 1 aromatic heterocycles. The van der Waals surface area contributed by atoms with Gasteiger partial charge in [-0.2, -0.15) is 5.10 Å². The molecule has 1 aliphatic rings. The summed E-state index contributed by atoms with van der Waals surface area (Å²) < 4.78 is 7.73. The SMILES string of the molecule is CC(=O)c1nn(-c2ccccc2-c2ccccc2OC2CCCCC2)cc(O)c1=O. The lowest BCUT2D eigenvalue weighted by Gasteiger charge is -2.25. The lowest BCUT2D eigenvalue weighted by atomic mass is 9.97. The molecule has 6 heteroatoms. The molecule has 0 spiro atoms. The number of para-hydroxylation sites is 2. The highest BCUT2D eigenvalue weighted by atomic mass is 16.5. The van der Waals surface area contributed by atoms with Gasteiger partial charge in [-0.1, -0.05) is 42.8 Å². The second-order valence-electron chi connectivity index (χ2n) is 7.58. The van der Waals surface area contributed by atoms with E-state index >= 15 is 0 Å². The van der Waals surface area contributed by atoms with Crippen LogP contribution in [0.2, 0.25) is 0 Å². The molecule has 0 radical (unpaired) electrons. The summed E-state index contributed by atoms with van der Waals surface area (Å²) in [6.45, 7) is 1.26. The predicted molar refractivity (Wildman–Crippen MR) is 114 cm³/mol. The van der Waals surface area contributed by atoms with E-state index in [2.05, 4.69) is 5.10 Å². The first kappa shape index (κ1) is 19.9. The lowest BCUT2D eigenvalue weighted by Crippen LogP contribution is -2.20. The van der Waals surface area contributed by atoms with Crippen molar-refractivity contribution in [3.05, 3.63) is 70.6 Å². The molecule has 30 heavy (non-hydrogen) atoms. The van der Waals surface area contributed by atoms with Crippen molar-refractivity contribution in [1.29, 1.82) is 0 Å². The molecule has 1 saturated carbocycles. The third-order valence-electron chi connectivity index (χ3n) is 5.41. The first-order valence-electron chi connectivity index (χ1n) is 10.2. The normalized spacial score (nSPS) is 14.4. The molecule has 6 nitrogen and oxygen atoms in total. The molecule has 0 amide bonds. The Balaban J connectivity index is 1.81. The van der Waals surface area contributed by atoms with E-state index in [1.54, 1.807) is 0 Å². The largest absolute Gasteiger partial charge is 0.503 e. The van der Waals surface area contributed by atoms with E-state index < -0.39 is 17.0 Å². The lowest BCUT2D eigenvalue weighted by molar-refractivity contribution is 0.100. The highest BCUT2D eigenvalue weighted by Crippen LogP contribution is 2.36. The van der Waals surface area contributed by atoms with Crippen LogP contribution in [0.5, 0.6) is 11.5 Å². The average Bonchev–Trinajstić information content (AvgIpc) is 2.76. The monoisotopic (exact) mass is 404 g/mol. The number of carbonyl (C=O) groups is 1. The van der Waals surface area contributed by atoms with Gasteiger partial charge in [0.15, 0.2) is 17.2 Å². The summed E-state index contributed by atoms with van der Waals surface area (Å²) in [6, 6.07) is 15.3. The first-order valence-corrected chi connectivity index (χ1v) is 10.2. The molecule has 0 atom stereocenters. The zero-order valence-electron chi connectivity index (χ0n) is 16.9. The zero-order valence-corrected chi connectivity index (χ0v) is 16.9. The number of Topliss-reactive ketones (excluding diaryl/α,β-unsaturated/α-hetero) is 1. The third-order valence-corrected chi connectivity index (χ3v) is 5.41. The second-order valence-corrected chi connectivity index (χ2v) is 7.58. The minimum atomic E-state index is -0.766. The van der Waals surface area contributed by atoms with Crippen LogP contribution in [-0.2, 0) is 0 Å². The maximum Gasteiger partial charge on any atom is 0.252 e. The van der Waals surface area contributed by atoms with Crippen molar-refractivity contribution in [1.82, 2.24) is 9.78 Å². The van der Waals surface area contributed by atoms with E-state index in [0.29, 0.717) is 5.69 Å². The Morgan fingerprint density at radius 1 is 1.03 bits per heavy atom. The molecule has 2 aromatic carbocycles. The number of aromatic hydroxyl groups is 1. The second kappa shape index (κ2) is 8.53. The van der Waals surface area contributed by atoms with Crippen LogP contribution in [0.25, 0.3) is 16.8 Å². The van der Waals surface area contributed by atoms with Crippen molar-refractivity contribution in [2.45, 2.75) is 45.1 Å². The molecule has 0 saturated heterocycles. The predicted octanol–water partition coefficient (Wildman–Crippen LogP) is 4.52. The molecule has 1 fully saturated rings. The molecule has 3 aromatic rings. The van der Waals surface area contributed by atoms with Gasteiger partial charge in [0, 0.05) is 18.1 Å². The summed E-state index contributed by atoms with van der Waals surface area (Å²) in [7, 11) is 0. The van der Waals surface area contributed by atoms with Crippen LogP contribution in [0.1, 0.15) is 49.5 Å². The van der Waals surface area contributed by atoms with E-state index in [-0.39, 0.29) is 11.8 Å². The number of nitrogens with zero attached hydrogens (tertiary/aromatic N) is 2. The van der Waals surface area contributed by atoms with Crippen molar-refractivity contribution in [2.75, 3.05) is 0 Å². The van der Waals surface area contributed by atoms with Crippen molar-refractivity contribution in [2.24, 2.45) is 0 Å². The zero-order chi connectivity index (χ0) is 21.1. The van der Waals surface area contributed by atoms with Crippen molar-refractivity contribution >= 4 is 5.78 Å². The van der Waals surface area contributed by atoms with Crippen LogP contribution >= 0.6 is 0 Å². The number of hydrogen-bond acceptors (Lipinski definition) is 5. The fourth-order valence-corrected chi connectivity index (χ4v) is 3.89. The average molecular weight is 404 g/mol. The van der Waals surface area contributed by atoms with E-state index in [9.17, 15) is 14.7 Å². The summed E-state index contributed by atoms with van der Waals surface area (Å²) in [6.07, 6.45) is 7.14. The van der Waals surface area contributed by atoms with E-state index in [1.165, 1.54) is 37.1 Å². The van der Waals surface area contributed by atoms with Crippen molar-refractivity contribution < 1.29 is 14.6 Å². The number of carbonyl (C=O) groups excluding carboxylic acids is 1. The van der Waals surface area contributed by atoms with Crippen molar-refractivity contribution in [3.8, 4) is 28.3 Å². The van der Waals surface area contributed by atoms with Gasteiger partial charge in [-0.25, -0.2) is 4.68 Å². The number of ketones is 1. The smallest absolute Gasteiger partial charge is 0.252 e. The molecule has 0 aliphatic heterocycles. The fourth-order valence-electron chi connectivity index (χ4n) is 3.89. The Bertz CT molecular complexity index is 1130. The van der Waals surface area contributed by atoms with Crippen LogP contribution in [0.15, 0.2) is 59.5 Å². The Labute approximate surface area is 174 Å². The van der Waals surface area contributed by atoms with Gasteiger partial charge < -0.3 is 9.84 Å². The number of benzene rings is 2. The number of hydrogen-bond donors (Lipinski definition) is 1. The van der Waals surface area contributed by atoms with Crippen LogP contribution in [0.4, 0.5) is 0 Å². The Morgan fingerprint density at radius 2 is 1.70 bits per heavy atom. The van der Waals surface area contributed by atoms with Gasteiger partial charge in [-0.15, -0.1) is 0 Å². The number of aromatic nitrogens is 2. The van der Waals surface area contributed by atoms with E-state index in [4.69, 9.17) is 4.74 Å². The topological polar surface area (TPSA) is 81.4 Å². The summed E-state index contributed by atoms with van der Waals surface area (Å²) in [5.74, 6) is -0.228. The Kier molecular flexibility index (Phi) is 5.65. The molecular formula is C24H24N2O4. The standard InChI is InChI=1S/C24H24N2O4/c1-16(27)23-24(29)21(28)15-26(25-23)20-13-7-5-11-18(20)19-12-6-8-14-22(19)30-17-9-3-2-4-10-17/h5-8,11-15,17,28H,2-4,9-10H2,1H3. The van der Waals surface area contributed by atoms with Crippen LogP contribution in [0, 0.1) is 0 Å². The van der Waals surface area contributed by atoms with E-state index in [1.807, 2.05) is 48.5 Å². The molecule has 1 N–H and O–H groups in total. The summed E-state index contributed by atoms with van der Waals surface area (Å²) in [4.78, 5) is 23.9. The van der Waals surface area contributed by atoms with Gasteiger partial charge in [-0.3, -0.25) is 9.59 Å². The van der Waals surface area contributed by atoms with Gasteiger partial charge in [0.1, 0.15) is 5.75 Å². The van der Waals surface area contributed by atoms with Gasteiger partial charge in [-0.05, 0) is 37.8 Å². The molecular weight excluding hydrogens is 380 g/mol. The van der Waals surface area contributed by atoms with Crippen LogP contribution in [-0.4, -0.2) is 26.8 Å².